The SMILES string of the molecule is CCOc1ccc(NC(=O)c2ccc(NC(=O)CN3C(=O)NC4(CCc5ccccc54)C3=O)cc2)cc1. The minimum Gasteiger partial charge on any atom is -0.494 e. The maximum absolute atomic E-state index is 13.2. The highest BCUT2D eigenvalue weighted by atomic mass is 16.5. The van der Waals surface area contributed by atoms with Crippen LogP contribution in [0.1, 0.15) is 34.8 Å². The van der Waals surface area contributed by atoms with Crippen LogP contribution < -0.4 is 20.7 Å². The van der Waals surface area contributed by atoms with Crippen LogP contribution in [-0.2, 0) is 21.5 Å². The molecular weight excluding hydrogens is 472 g/mol. The zero-order valence-corrected chi connectivity index (χ0v) is 20.2. The molecule has 1 atom stereocenters. The van der Waals surface area contributed by atoms with Crippen LogP contribution in [0.15, 0.2) is 72.8 Å². The lowest BCUT2D eigenvalue weighted by molar-refractivity contribution is -0.134. The predicted octanol–water partition coefficient (Wildman–Crippen LogP) is 3.67. The molecule has 1 spiro atoms. The number of anilines is 2. The van der Waals surface area contributed by atoms with Gasteiger partial charge in [-0.05, 0) is 79.4 Å². The normalized spacial score (nSPS) is 17.9. The second kappa shape index (κ2) is 9.77. The number of nitrogens with zero attached hydrogens (tertiary/aromatic N) is 1. The fourth-order valence-corrected chi connectivity index (χ4v) is 4.79. The van der Waals surface area contributed by atoms with E-state index in [2.05, 4.69) is 16.0 Å². The van der Waals surface area contributed by atoms with Crippen LogP contribution >= 0.6 is 0 Å². The molecule has 1 aliphatic carbocycles. The molecule has 1 heterocycles. The smallest absolute Gasteiger partial charge is 0.325 e. The van der Waals surface area contributed by atoms with Gasteiger partial charge in [-0.15, -0.1) is 0 Å². The van der Waals surface area contributed by atoms with Gasteiger partial charge in [-0.2, -0.15) is 0 Å². The molecule has 3 aromatic carbocycles. The fourth-order valence-electron chi connectivity index (χ4n) is 4.79. The van der Waals surface area contributed by atoms with Crippen molar-refractivity contribution in [2.24, 2.45) is 0 Å². The Morgan fingerprint density at radius 2 is 1.62 bits per heavy atom. The van der Waals surface area contributed by atoms with Crippen molar-refractivity contribution in [3.8, 4) is 5.75 Å². The van der Waals surface area contributed by atoms with Gasteiger partial charge >= 0.3 is 6.03 Å². The van der Waals surface area contributed by atoms with Crippen LogP contribution in [0.4, 0.5) is 16.2 Å². The van der Waals surface area contributed by atoms with Crippen LogP contribution in [-0.4, -0.2) is 41.8 Å². The number of benzene rings is 3. The molecule has 0 saturated carbocycles. The van der Waals surface area contributed by atoms with Crippen LogP contribution in [0.2, 0.25) is 0 Å². The van der Waals surface area contributed by atoms with E-state index in [-0.39, 0.29) is 5.91 Å². The maximum Gasteiger partial charge on any atom is 0.325 e. The summed E-state index contributed by atoms with van der Waals surface area (Å²) in [7, 11) is 0. The first-order chi connectivity index (χ1) is 17.9. The number of hydrogen-bond acceptors (Lipinski definition) is 5. The van der Waals surface area contributed by atoms with Gasteiger partial charge in [-0.3, -0.25) is 19.3 Å². The number of imide groups is 1. The van der Waals surface area contributed by atoms with Gasteiger partial charge in [-0.25, -0.2) is 4.79 Å². The summed E-state index contributed by atoms with van der Waals surface area (Å²) >= 11 is 0. The summed E-state index contributed by atoms with van der Waals surface area (Å²) in [6.45, 7) is 2.05. The third kappa shape index (κ3) is 4.63. The van der Waals surface area contributed by atoms with Crippen LogP contribution in [0, 0.1) is 0 Å². The average molecular weight is 499 g/mol. The van der Waals surface area contributed by atoms with E-state index in [0.717, 1.165) is 21.8 Å². The monoisotopic (exact) mass is 498 g/mol. The lowest BCUT2D eigenvalue weighted by atomic mass is 9.92. The highest BCUT2D eigenvalue weighted by molar-refractivity contribution is 6.11. The van der Waals surface area contributed by atoms with Crippen molar-refractivity contribution >= 4 is 35.1 Å². The van der Waals surface area contributed by atoms with Crippen molar-refractivity contribution in [2.45, 2.75) is 25.3 Å². The number of nitrogens with one attached hydrogen (secondary N) is 3. The summed E-state index contributed by atoms with van der Waals surface area (Å²) in [5.74, 6) is -0.516. The van der Waals surface area contributed by atoms with E-state index >= 15 is 0 Å². The lowest BCUT2D eigenvalue weighted by Crippen LogP contribution is -2.43. The quantitative estimate of drug-likeness (QED) is 0.430. The number of rotatable bonds is 7. The Labute approximate surface area is 213 Å². The van der Waals surface area contributed by atoms with Crippen molar-refractivity contribution in [3.63, 3.8) is 0 Å². The molecule has 3 aromatic rings. The number of fused-ring (bicyclic) bond motifs is 2. The van der Waals surface area contributed by atoms with Crippen LogP contribution in [0.3, 0.4) is 0 Å². The molecule has 1 unspecified atom stereocenters. The highest BCUT2D eigenvalue weighted by Crippen LogP contribution is 2.41. The minimum atomic E-state index is -1.10. The zero-order valence-electron chi connectivity index (χ0n) is 20.2. The molecule has 9 heteroatoms. The van der Waals surface area contributed by atoms with Gasteiger partial charge < -0.3 is 20.7 Å². The molecule has 1 aliphatic heterocycles. The number of hydrogen-bond donors (Lipinski definition) is 3. The molecule has 1 fully saturated rings. The molecule has 0 radical (unpaired) electrons. The molecule has 3 N–H and O–H groups in total. The maximum atomic E-state index is 13.2. The number of carbonyl (C=O) groups is 4. The first-order valence-corrected chi connectivity index (χ1v) is 12.1. The molecule has 0 bridgehead atoms. The molecule has 5 amide bonds. The molecule has 9 nitrogen and oxygen atoms in total. The number of carbonyl (C=O) groups excluding carboxylic acids is 4. The molecule has 0 aromatic heterocycles. The molecule has 1 saturated heterocycles. The Kier molecular flexibility index (Phi) is 6.35. The standard InChI is InChI=1S/C28H26N4O5/c1-2-37-22-13-11-21(12-14-22)30-25(34)19-7-9-20(10-8-19)29-24(33)17-32-26(35)28(31-27(32)36)16-15-18-5-3-4-6-23(18)28/h3-14H,2,15-17H2,1H3,(H,29,33)(H,30,34)(H,31,36). The number of amides is 5. The third-order valence-corrected chi connectivity index (χ3v) is 6.58. The van der Waals surface area contributed by atoms with Crippen molar-refractivity contribution in [1.29, 1.82) is 0 Å². The Hall–Kier alpha value is -4.66. The van der Waals surface area contributed by atoms with E-state index in [1.165, 1.54) is 0 Å². The topological polar surface area (TPSA) is 117 Å². The highest BCUT2D eigenvalue weighted by Gasteiger charge is 2.55. The summed E-state index contributed by atoms with van der Waals surface area (Å²) in [6.07, 6.45) is 1.15. The van der Waals surface area contributed by atoms with Crippen molar-refractivity contribution in [3.05, 3.63) is 89.5 Å². The van der Waals surface area contributed by atoms with E-state index in [4.69, 9.17) is 4.74 Å². The largest absolute Gasteiger partial charge is 0.494 e. The van der Waals surface area contributed by atoms with Crippen LogP contribution in [0.25, 0.3) is 0 Å². The molecule has 37 heavy (non-hydrogen) atoms. The van der Waals surface area contributed by atoms with E-state index in [1.54, 1.807) is 48.5 Å². The van der Waals surface area contributed by atoms with Gasteiger partial charge in [0.25, 0.3) is 11.8 Å². The number of aryl methyl sites for hydroxylation is 1. The van der Waals surface area contributed by atoms with Crippen molar-refractivity contribution in [1.82, 2.24) is 10.2 Å². The second-order valence-electron chi connectivity index (χ2n) is 8.92. The van der Waals surface area contributed by atoms with E-state index in [1.807, 2.05) is 31.2 Å². The summed E-state index contributed by atoms with van der Waals surface area (Å²) in [5.41, 5.74) is 2.18. The van der Waals surface area contributed by atoms with Crippen LogP contribution in [0.5, 0.6) is 5.75 Å². The lowest BCUT2D eigenvalue weighted by Gasteiger charge is -2.22. The Bertz CT molecular complexity index is 1370. The second-order valence-corrected chi connectivity index (χ2v) is 8.92. The van der Waals surface area contributed by atoms with Crippen molar-refractivity contribution in [2.75, 3.05) is 23.8 Å². The molecule has 2 aliphatic rings. The van der Waals surface area contributed by atoms with Gasteiger partial charge in [0.2, 0.25) is 5.91 Å². The summed E-state index contributed by atoms with van der Waals surface area (Å²) in [4.78, 5) is 52.0. The predicted molar refractivity (Wildman–Crippen MR) is 137 cm³/mol. The van der Waals surface area contributed by atoms with Crippen molar-refractivity contribution < 1.29 is 23.9 Å². The Morgan fingerprint density at radius 1 is 0.946 bits per heavy atom. The molecule has 5 rings (SSSR count). The van der Waals surface area contributed by atoms with Gasteiger partial charge in [0, 0.05) is 16.9 Å². The Morgan fingerprint density at radius 3 is 2.35 bits per heavy atom. The van der Waals surface area contributed by atoms with Gasteiger partial charge in [0.15, 0.2) is 0 Å². The molecule has 188 valence electrons. The Balaban J connectivity index is 1.19. The summed E-state index contributed by atoms with van der Waals surface area (Å²) in [6, 6.07) is 20.3. The number of urea groups is 1. The average Bonchev–Trinajstić information content (AvgIpc) is 3.38. The van der Waals surface area contributed by atoms with E-state index in [0.29, 0.717) is 36.4 Å². The first-order valence-electron chi connectivity index (χ1n) is 12.1. The fraction of sp³-hybridized carbons (Fsp3) is 0.214. The van der Waals surface area contributed by atoms with Gasteiger partial charge in [0.1, 0.15) is 17.8 Å². The summed E-state index contributed by atoms with van der Waals surface area (Å²) in [5, 5.41) is 8.30. The van der Waals surface area contributed by atoms with Gasteiger partial charge in [0.05, 0.1) is 6.61 Å². The van der Waals surface area contributed by atoms with E-state index in [9.17, 15) is 19.2 Å². The minimum absolute atomic E-state index is 0.302. The first kappa shape index (κ1) is 24.1. The zero-order chi connectivity index (χ0) is 26.0. The van der Waals surface area contributed by atoms with E-state index < -0.39 is 29.9 Å². The third-order valence-electron chi connectivity index (χ3n) is 6.58. The van der Waals surface area contributed by atoms with Gasteiger partial charge in [-0.1, -0.05) is 24.3 Å². The molecular formula is C28H26N4O5. The summed E-state index contributed by atoms with van der Waals surface area (Å²) < 4.78 is 5.40. The number of ether oxygens (including phenoxy) is 1.